The van der Waals surface area contributed by atoms with E-state index in [1.54, 1.807) is 0 Å². The van der Waals surface area contributed by atoms with Crippen molar-refractivity contribution in [3.8, 4) is 45.0 Å². The van der Waals surface area contributed by atoms with Gasteiger partial charge in [-0.25, -0.2) is 9.97 Å². The third-order valence-corrected chi connectivity index (χ3v) is 8.90. The predicted molar refractivity (Wildman–Crippen MR) is 192 cm³/mol. The fourth-order valence-corrected chi connectivity index (χ4v) is 6.61. The van der Waals surface area contributed by atoms with Crippen LogP contribution in [0.15, 0.2) is 164 Å². The van der Waals surface area contributed by atoms with Gasteiger partial charge in [0.1, 0.15) is 0 Å². The number of pyridine rings is 1. The summed E-state index contributed by atoms with van der Waals surface area (Å²) in [6.45, 7) is 0. The van der Waals surface area contributed by atoms with E-state index in [0.717, 1.165) is 50.1 Å². The van der Waals surface area contributed by atoms with Crippen LogP contribution in [-0.4, -0.2) is 15.0 Å². The molecule has 7 aromatic carbocycles. The normalized spacial score (nSPS) is 11.5. The Bertz CT molecular complexity index is 2580. The van der Waals surface area contributed by atoms with Gasteiger partial charge in [-0.1, -0.05) is 133 Å². The van der Waals surface area contributed by atoms with Crippen LogP contribution < -0.4 is 0 Å². The van der Waals surface area contributed by atoms with Crippen LogP contribution in [0.3, 0.4) is 0 Å². The van der Waals surface area contributed by atoms with E-state index >= 15 is 0 Å². The lowest BCUT2D eigenvalue weighted by Crippen LogP contribution is -1.97. The first kappa shape index (κ1) is 26.2. The average Bonchev–Trinajstić information content (AvgIpc) is 3.14. The second-order valence-corrected chi connectivity index (χ2v) is 11.7. The molecule has 0 aliphatic rings. The highest BCUT2D eigenvalue weighted by atomic mass is 14.9. The molecule has 0 aliphatic carbocycles. The van der Waals surface area contributed by atoms with Crippen molar-refractivity contribution in [1.29, 1.82) is 0 Å². The van der Waals surface area contributed by atoms with Crippen LogP contribution in [0.2, 0.25) is 0 Å². The predicted octanol–water partition coefficient (Wildman–Crippen LogP) is 11.2. The van der Waals surface area contributed by atoms with Crippen molar-refractivity contribution in [3.05, 3.63) is 164 Å². The first-order chi connectivity index (χ1) is 22.8. The summed E-state index contributed by atoms with van der Waals surface area (Å²) < 4.78 is 0. The maximum Gasteiger partial charge on any atom is 0.160 e. The minimum Gasteiger partial charge on any atom is -0.256 e. The minimum absolute atomic E-state index is 0.695. The highest BCUT2D eigenvalue weighted by Crippen LogP contribution is 2.37. The van der Waals surface area contributed by atoms with Crippen LogP contribution >= 0.6 is 0 Å². The van der Waals surface area contributed by atoms with Crippen molar-refractivity contribution in [2.75, 3.05) is 0 Å². The van der Waals surface area contributed by atoms with Gasteiger partial charge in [0.25, 0.3) is 0 Å². The van der Waals surface area contributed by atoms with Crippen molar-refractivity contribution in [2.24, 2.45) is 0 Å². The van der Waals surface area contributed by atoms with Crippen LogP contribution in [0.4, 0.5) is 0 Å². The van der Waals surface area contributed by atoms with Gasteiger partial charge in [-0.3, -0.25) is 4.98 Å². The van der Waals surface area contributed by atoms with E-state index in [4.69, 9.17) is 9.97 Å². The lowest BCUT2D eigenvalue weighted by atomic mass is 9.94. The monoisotopic (exact) mass is 585 g/mol. The molecule has 0 amide bonds. The Hall–Kier alpha value is -6.19. The Kier molecular flexibility index (Phi) is 6.14. The molecule has 0 saturated heterocycles. The van der Waals surface area contributed by atoms with E-state index in [1.807, 2.05) is 24.4 Å². The quantitative estimate of drug-likeness (QED) is 0.193. The molecular weight excluding hydrogens is 558 g/mol. The zero-order valence-electron chi connectivity index (χ0n) is 24.9. The van der Waals surface area contributed by atoms with Crippen LogP contribution in [0.1, 0.15) is 0 Å². The fraction of sp³-hybridized carbons (Fsp3) is 0. The third kappa shape index (κ3) is 4.49. The number of benzene rings is 7. The summed E-state index contributed by atoms with van der Waals surface area (Å²) in [6.07, 6.45) is 1.94. The van der Waals surface area contributed by atoms with Crippen LogP contribution in [-0.2, 0) is 0 Å². The molecule has 0 atom stereocenters. The molecule has 2 aromatic heterocycles. The van der Waals surface area contributed by atoms with Gasteiger partial charge in [-0.05, 0) is 62.1 Å². The molecule has 0 fully saturated rings. The van der Waals surface area contributed by atoms with Crippen LogP contribution in [0.5, 0.6) is 0 Å². The number of hydrogen-bond acceptors (Lipinski definition) is 3. The van der Waals surface area contributed by atoms with Crippen molar-refractivity contribution in [2.45, 2.75) is 0 Å². The Morgan fingerprint density at radius 3 is 1.78 bits per heavy atom. The van der Waals surface area contributed by atoms with Gasteiger partial charge in [-0.2, -0.15) is 0 Å². The van der Waals surface area contributed by atoms with Gasteiger partial charge >= 0.3 is 0 Å². The Balaban J connectivity index is 1.25. The van der Waals surface area contributed by atoms with Gasteiger partial charge in [0.15, 0.2) is 5.82 Å². The molecule has 0 unspecified atom stereocenters. The molecule has 3 heteroatoms. The molecule has 9 aromatic rings. The van der Waals surface area contributed by atoms with E-state index < -0.39 is 0 Å². The largest absolute Gasteiger partial charge is 0.256 e. The summed E-state index contributed by atoms with van der Waals surface area (Å²) in [6, 6.07) is 55.4. The molecule has 0 spiro atoms. The molecule has 46 heavy (non-hydrogen) atoms. The molecule has 2 heterocycles. The average molecular weight is 586 g/mol. The van der Waals surface area contributed by atoms with Gasteiger partial charge in [0.05, 0.1) is 16.9 Å². The van der Waals surface area contributed by atoms with Crippen molar-refractivity contribution < 1.29 is 0 Å². The number of para-hydroxylation sites is 1. The van der Waals surface area contributed by atoms with E-state index in [-0.39, 0.29) is 0 Å². The number of fused-ring (bicyclic) bond motifs is 5. The second-order valence-electron chi connectivity index (χ2n) is 11.7. The lowest BCUT2D eigenvalue weighted by Gasteiger charge is -2.14. The number of aromatic nitrogens is 3. The SMILES string of the molecule is c1ccc2ncc(-c3ccc(-c4nc(-c5cccc6ccccc56)cc(-c5cc6ccccc6c6ccccc56)n4)cc3)cc2c1. The molecule has 0 aliphatic heterocycles. The summed E-state index contributed by atoms with van der Waals surface area (Å²) in [5, 5.41) is 8.31. The van der Waals surface area contributed by atoms with Gasteiger partial charge in [0, 0.05) is 33.8 Å². The Morgan fingerprint density at radius 2 is 0.957 bits per heavy atom. The van der Waals surface area contributed by atoms with Gasteiger partial charge < -0.3 is 0 Å². The summed E-state index contributed by atoms with van der Waals surface area (Å²) in [7, 11) is 0. The van der Waals surface area contributed by atoms with Crippen molar-refractivity contribution >= 4 is 43.2 Å². The van der Waals surface area contributed by atoms with Crippen molar-refractivity contribution in [1.82, 2.24) is 15.0 Å². The summed E-state index contributed by atoms with van der Waals surface area (Å²) in [4.78, 5) is 15.1. The zero-order valence-corrected chi connectivity index (χ0v) is 24.9. The highest BCUT2D eigenvalue weighted by molar-refractivity contribution is 6.13. The number of rotatable bonds is 4. The summed E-state index contributed by atoms with van der Waals surface area (Å²) >= 11 is 0. The molecule has 3 nitrogen and oxygen atoms in total. The first-order valence-corrected chi connectivity index (χ1v) is 15.5. The van der Waals surface area contributed by atoms with E-state index in [9.17, 15) is 0 Å². The zero-order chi connectivity index (χ0) is 30.5. The number of hydrogen-bond donors (Lipinski definition) is 0. The fourth-order valence-electron chi connectivity index (χ4n) is 6.61. The third-order valence-electron chi connectivity index (χ3n) is 8.90. The standard InChI is InChI=1S/C43H27N3/c1-4-14-34-29(10-1)13-9-18-38(34)41-26-42(39-25-31-11-2-5-15-35(31)36-16-6-7-17-37(36)39)46-43(45-41)30-22-20-28(21-23-30)33-24-32-12-3-8-19-40(32)44-27-33/h1-27H. The molecule has 0 bridgehead atoms. The van der Waals surface area contributed by atoms with E-state index in [1.165, 1.54) is 32.3 Å². The summed E-state index contributed by atoms with van der Waals surface area (Å²) in [5.41, 5.74) is 8.13. The van der Waals surface area contributed by atoms with Crippen molar-refractivity contribution in [3.63, 3.8) is 0 Å². The smallest absolute Gasteiger partial charge is 0.160 e. The maximum absolute atomic E-state index is 5.26. The molecule has 0 saturated carbocycles. The lowest BCUT2D eigenvalue weighted by molar-refractivity contribution is 1.19. The molecule has 214 valence electrons. The first-order valence-electron chi connectivity index (χ1n) is 15.5. The maximum atomic E-state index is 5.26. The van der Waals surface area contributed by atoms with Crippen LogP contribution in [0.25, 0.3) is 88.2 Å². The Labute approximate surface area is 266 Å². The van der Waals surface area contributed by atoms with E-state index in [0.29, 0.717) is 5.82 Å². The minimum atomic E-state index is 0.695. The van der Waals surface area contributed by atoms with Gasteiger partial charge in [-0.15, -0.1) is 0 Å². The molecule has 0 radical (unpaired) electrons. The number of nitrogens with zero attached hydrogens (tertiary/aromatic N) is 3. The molecule has 9 rings (SSSR count). The highest BCUT2D eigenvalue weighted by Gasteiger charge is 2.16. The Morgan fingerprint density at radius 1 is 0.348 bits per heavy atom. The molecule has 0 N–H and O–H groups in total. The second kappa shape index (κ2) is 10.8. The van der Waals surface area contributed by atoms with Gasteiger partial charge in [0.2, 0.25) is 0 Å². The summed E-state index contributed by atoms with van der Waals surface area (Å²) in [5.74, 6) is 0.695. The topological polar surface area (TPSA) is 38.7 Å². The molecular formula is C43H27N3. The van der Waals surface area contributed by atoms with E-state index in [2.05, 4.69) is 145 Å². The van der Waals surface area contributed by atoms with Crippen LogP contribution in [0, 0.1) is 0 Å².